The molecule has 2 aromatic rings. The predicted octanol–water partition coefficient (Wildman–Crippen LogP) is 4.60. The summed E-state index contributed by atoms with van der Waals surface area (Å²) in [5.41, 5.74) is 1.88. The lowest BCUT2D eigenvalue weighted by molar-refractivity contribution is -0.141. The van der Waals surface area contributed by atoms with Gasteiger partial charge in [-0.15, -0.1) is 0 Å². The molecule has 4 nitrogen and oxygen atoms in total. The van der Waals surface area contributed by atoms with Crippen molar-refractivity contribution < 1.29 is 9.59 Å². The van der Waals surface area contributed by atoms with Crippen molar-refractivity contribution in [2.45, 2.75) is 58.7 Å². The number of rotatable bonds is 9. The van der Waals surface area contributed by atoms with E-state index in [1.165, 1.54) is 0 Å². The summed E-state index contributed by atoms with van der Waals surface area (Å²) in [6.07, 6.45) is 1.66. The first-order chi connectivity index (χ1) is 13.4. The standard InChI is InChI=1S/C23H29ClN2O2/c1-4-17(3)25-23(28)21(5-2)26(16-19-11-13-20(24)14-12-19)22(27)15-18-9-7-6-8-10-18/h6-14,17,21H,4-5,15-16H2,1-3H3,(H,25,28)/t17-,21-/m1/s1. The molecular formula is C23H29ClN2O2. The molecule has 1 N–H and O–H groups in total. The maximum atomic E-state index is 13.2. The Hall–Kier alpha value is -2.33. The van der Waals surface area contributed by atoms with Crippen LogP contribution in [0.5, 0.6) is 0 Å². The van der Waals surface area contributed by atoms with Gasteiger partial charge in [0.05, 0.1) is 6.42 Å². The van der Waals surface area contributed by atoms with Crippen molar-refractivity contribution in [2.75, 3.05) is 0 Å². The molecule has 0 bridgehead atoms. The van der Waals surface area contributed by atoms with Crippen LogP contribution in [0.2, 0.25) is 5.02 Å². The highest BCUT2D eigenvalue weighted by Gasteiger charge is 2.29. The van der Waals surface area contributed by atoms with Crippen LogP contribution >= 0.6 is 11.6 Å². The van der Waals surface area contributed by atoms with Gasteiger partial charge in [-0.1, -0.05) is 67.9 Å². The van der Waals surface area contributed by atoms with E-state index in [2.05, 4.69) is 5.32 Å². The average molecular weight is 401 g/mol. The van der Waals surface area contributed by atoms with Crippen LogP contribution in [0.25, 0.3) is 0 Å². The fourth-order valence-corrected chi connectivity index (χ4v) is 3.15. The molecule has 0 heterocycles. The van der Waals surface area contributed by atoms with E-state index in [-0.39, 0.29) is 24.3 Å². The molecule has 0 aromatic heterocycles. The van der Waals surface area contributed by atoms with Gasteiger partial charge in [0.2, 0.25) is 11.8 Å². The van der Waals surface area contributed by atoms with Gasteiger partial charge in [-0.2, -0.15) is 0 Å². The molecule has 2 aromatic carbocycles. The van der Waals surface area contributed by atoms with Crippen LogP contribution in [0.1, 0.15) is 44.7 Å². The maximum absolute atomic E-state index is 13.2. The number of nitrogens with zero attached hydrogens (tertiary/aromatic N) is 1. The quantitative estimate of drug-likeness (QED) is 0.668. The number of hydrogen-bond donors (Lipinski definition) is 1. The van der Waals surface area contributed by atoms with Gasteiger partial charge in [-0.05, 0) is 43.0 Å². The highest BCUT2D eigenvalue weighted by atomic mass is 35.5. The van der Waals surface area contributed by atoms with Crippen molar-refractivity contribution in [3.63, 3.8) is 0 Å². The van der Waals surface area contributed by atoms with Gasteiger partial charge in [0.15, 0.2) is 0 Å². The number of carbonyl (C=O) groups excluding carboxylic acids is 2. The summed E-state index contributed by atoms with van der Waals surface area (Å²) in [5.74, 6) is -0.167. The lowest BCUT2D eigenvalue weighted by Gasteiger charge is -2.31. The first-order valence-corrected chi connectivity index (χ1v) is 10.2. The second kappa shape index (κ2) is 10.9. The SMILES string of the molecule is CC[C@@H](C)NC(=O)[C@@H](CC)N(Cc1ccc(Cl)cc1)C(=O)Cc1ccccc1. The molecular weight excluding hydrogens is 372 g/mol. The van der Waals surface area contributed by atoms with Gasteiger partial charge in [0, 0.05) is 17.6 Å². The lowest BCUT2D eigenvalue weighted by Crippen LogP contribution is -2.51. The van der Waals surface area contributed by atoms with Gasteiger partial charge >= 0.3 is 0 Å². The highest BCUT2D eigenvalue weighted by molar-refractivity contribution is 6.30. The zero-order valence-corrected chi connectivity index (χ0v) is 17.6. The predicted molar refractivity (Wildman–Crippen MR) is 114 cm³/mol. The maximum Gasteiger partial charge on any atom is 0.243 e. The minimum atomic E-state index is -0.513. The summed E-state index contributed by atoms with van der Waals surface area (Å²) in [6.45, 7) is 6.30. The van der Waals surface area contributed by atoms with E-state index in [0.717, 1.165) is 17.5 Å². The molecule has 0 aliphatic rings. The molecule has 0 spiro atoms. The van der Waals surface area contributed by atoms with E-state index in [9.17, 15) is 9.59 Å². The Bertz CT molecular complexity index is 762. The van der Waals surface area contributed by atoms with Gasteiger partial charge in [0.1, 0.15) is 6.04 Å². The van der Waals surface area contributed by atoms with Crippen molar-refractivity contribution in [3.05, 3.63) is 70.7 Å². The molecule has 0 saturated heterocycles. The van der Waals surface area contributed by atoms with Gasteiger partial charge in [-0.25, -0.2) is 0 Å². The Balaban J connectivity index is 2.25. The Morgan fingerprint density at radius 2 is 1.61 bits per heavy atom. The van der Waals surface area contributed by atoms with E-state index in [1.807, 2.05) is 63.2 Å². The summed E-state index contributed by atoms with van der Waals surface area (Å²) >= 11 is 5.99. The zero-order chi connectivity index (χ0) is 20.5. The van der Waals surface area contributed by atoms with Crippen LogP contribution in [0.15, 0.2) is 54.6 Å². The van der Waals surface area contributed by atoms with Crippen molar-refractivity contribution >= 4 is 23.4 Å². The number of carbonyl (C=O) groups is 2. The summed E-state index contributed by atoms with van der Waals surface area (Å²) in [7, 11) is 0. The van der Waals surface area contributed by atoms with Crippen molar-refractivity contribution in [3.8, 4) is 0 Å². The first-order valence-electron chi connectivity index (χ1n) is 9.82. The van der Waals surface area contributed by atoms with Crippen molar-refractivity contribution in [1.29, 1.82) is 0 Å². The zero-order valence-electron chi connectivity index (χ0n) is 16.8. The normalized spacial score (nSPS) is 12.9. The molecule has 0 radical (unpaired) electrons. The average Bonchev–Trinajstić information content (AvgIpc) is 2.69. The smallest absolute Gasteiger partial charge is 0.243 e. The molecule has 150 valence electrons. The molecule has 0 unspecified atom stereocenters. The summed E-state index contributed by atoms with van der Waals surface area (Å²) in [5, 5.41) is 3.67. The van der Waals surface area contributed by atoms with Crippen molar-refractivity contribution in [2.24, 2.45) is 0 Å². The summed E-state index contributed by atoms with van der Waals surface area (Å²) in [4.78, 5) is 27.7. The lowest BCUT2D eigenvalue weighted by atomic mass is 10.1. The number of benzene rings is 2. The van der Waals surface area contributed by atoms with Gasteiger partial charge in [0.25, 0.3) is 0 Å². The summed E-state index contributed by atoms with van der Waals surface area (Å²) < 4.78 is 0. The van der Waals surface area contributed by atoms with E-state index < -0.39 is 6.04 Å². The van der Waals surface area contributed by atoms with Crippen LogP contribution in [-0.4, -0.2) is 28.8 Å². The van der Waals surface area contributed by atoms with Gasteiger partial charge in [-0.3, -0.25) is 9.59 Å². The Morgan fingerprint density at radius 1 is 0.964 bits per heavy atom. The fraction of sp³-hybridized carbons (Fsp3) is 0.391. The van der Waals surface area contributed by atoms with Crippen LogP contribution in [0.4, 0.5) is 0 Å². The number of hydrogen-bond acceptors (Lipinski definition) is 2. The van der Waals surface area contributed by atoms with E-state index in [1.54, 1.807) is 17.0 Å². The minimum absolute atomic E-state index is 0.0627. The third-order valence-corrected chi connectivity index (χ3v) is 5.10. The number of halogens is 1. The van der Waals surface area contributed by atoms with E-state index in [0.29, 0.717) is 18.0 Å². The van der Waals surface area contributed by atoms with E-state index in [4.69, 9.17) is 11.6 Å². The second-order valence-corrected chi connectivity index (χ2v) is 7.49. The third-order valence-electron chi connectivity index (χ3n) is 4.85. The topological polar surface area (TPSA) is 49.4 Å². The molecule has 2 amide bonds. The van der Waals surface area contributed by atoms with Crippen LogP contribution in [0.3, 0.4) is 0 Å². The molecule has 0 saturated carbocycles. The largest absolute Gasteiger partial charge is 0.352 e. The van der Waals surface area contributed by atoms with Crippen LogP contribution in [0, 0.1) is 0 Å². The number of amides is 2. The molecule has 0 aliphatic carbocycles. The highest BCUT2D eigenvalue weighted by Crippen LogP contribution is 2.17. The third kappa shape index (κ3) is 6.38. The Kier molecular flexibility index (Phi) is 8.52. The van der Waals surface area contributed by atoms with Crippen LogP contribution in [-0.2, 0) is 22.6 Å². The molecule has 5 heteroatoms. The molecule has 2 atom stereocenters. The first kappa shape index (κ1) is 22.0. The summed E-state index contributed by atoms with van der Waals surface area (Å²) in [6, 6.07) is 16.6. The van der Waals surface area contributed by atoms with E-state index >= 15 is 0 Å². The monoisotopic (exact) mass is 400 g/mol. The Morgan fingerprint density at radius 3 is 2.18 bits per heavy atom. The number of nitrogens with one attached hydrogen (secondary N) is 1. The minimum Gasteiger partial charge on any atom is -0.352 e. The molecule has 28 heavy (non-hydrogen) atoms. The molecule has 0 aliphatic heterocycles. The Labute approximate surface area is 172 Å². The molecule has 0 fully saturated rings. The van der Waals surface area contributed by atoms with Gasteiger partial charge < -0.3 is 10.2 Å². The van der Waals surface area contributed by atoms with Crippen molar-refractivity contribution in [1.82, 2.24) is 10.2 Å². The molecule has 2 rings (SSSR count). The fourth-order valence-electron chi connectivity index (χ4n) is 3.02. The van der Waals surface area contributed by atoms with Crippen LogP contribution < -0.4 is 5.32 Å². The second-order valence-electron chi connectivity index (χ2n) is 7.05.